The zero-order valence-electron chi connectivity index (χ0n) is 11.5. The molecule has 0 atom stereocenters. The van der Waals surface area contributed by atoms with E-state index in [-0.39, 0.29) is 29.6 Å². The van der Waals surface area contributed by atoms with Crippen molar-refractivity contribution in [1.82, 2.24) is 5.32 Å². The SMILES string of the molecule is CCC(CC)(CN)NC(=O)c1cc(C(C)=O)cs1.Cl. The second kappa shape index (κ2) is 7.62. The van der Waals surface area contributed by atoms with Crippen LogP contribution >= 0.6 is 23.7 Å². The molecule has 1 aromatic rings. The molecule has 0 aliphatic heterocycles. The Bertz CT molecular complexity index is 433. The number of halogens is 1. The van der Waals surface area contributed by atoms with Crippen molar-refractivity contribution in [2.75, 3.05) is 6.54 Å². The zero-order valence-corrected chi connectivity index (χ0v) is 13.1. The fourth-order valence-corrected chi connectivity index (χ4v) is 2.55. The van der Waals surface area contributed by atoms with Crippen molar-refractivity contribution >= 4 is 35.4 Å². The average Bonchev–Trinajstić information content (AvgIpc) is 2.86. The molecule has 1 aromatic heterocycles. The van der Waals surface area contributed by atoms with Gasteiger partial charge in [-0.25, -0.2) is 0 Å². The maximum absolute atomic E-state index is 12.1. The molecule has 108 valence electrons. The van der Waals surface area contributed by atoms with E-state index in [4.69, 9.17) is 5.73 Å². The second-order valence-corrected chi connectivity index (χ2v) is 5.31. The van der Waals surface area contributed by atoms with Gasteiger partial charge >= 0.3 is 0 Å². The molecule has 0 fully saturated rings. The third-order valence-corrected chi connectivity index (χ3v) is 4.28. The molecule has 0 aliphatic carbocycles. The number of hydrogen-bond acceptors (Lipinski definition) is 4. The minimum absolute atomic E-state index is 0. The Morgan fingerprint density at radius 1 is 1.37 bits per heavy atom. The predicted molar refractivity (Wildman–Crippen MR) is 81.4 cm³/mol. The summed E-state index contributed by atoms with van der Waals surface area (Å²) in [5.74, 6) is -0.178. The summed E-state index contributed by atoms with van der Waals surface area (Å²) in [6.07, 6.45) is 1.58. The Morgan fingerprint density at radius 3 is 2.32 bits per heavy atom. The summed E-state index contributed by atoms with van der Waals surface area (Å²) < 4.78 is 0. The first-order chi connectivity index (χ1) is 8.48. The zero-order chi connectivity index (χ0) is 13.8. The van der Waals surface area contributed by atoms with E-state index < -0.39 is 0 Å². The molecule has 0 saturated carbocycles. The second-order valence-electron chi connectivity index (χ2n) is 4.40. The van der Waals surface area contributed by atoms with Crippen LogP contribution < -0.4 is 11.1 Å². The maximum Gasteiger partial charge on any atom is 0.261 e. The molecule has 0 aromatic carbocycles. The Labute approximate surface area is 124 Å². The van der Waals surface area contributed by atoms with Gasteiger partial charge < -0.3 is 11.1 Å². The van der Waals surface area contributed by atoms with E-state index in [9.17, 15) is 9.59 Å². The van der Waals surface area contributed by atoms with Crippen LogP contribution in [-0.4, -0.2) is 23.8 Å². The van der Waals surface area contributed by atoms with Crippen molar-refractivity contribution < 1.29 is 9.59 Å². The number of carbonyl (C=O) groups is 2. The molecular weight excluding hydrogens is 284 g/mol. The lowest BCUT2D eigenvalue weighted by Gasteiger charge is -2.31. The summed E-state index contributed by atoms with van der Waals surface area (Å²) in [5, 5.41) is 4.69. The number of nitrogens with one attached hydrogen (secondary N) is 1. The van der Waals surface area contributed by atoms with Gasteiger partial charge in [-0.1, -0.05) is 13.8 Å². The predicted octanol–water partition coefficient (Wildman–Crippen LogP) is 2.62. The van der Waals surface area contributed by atoms with Crippen molar-refractivity contribution in [1.29, 1.82) is 0 Å². The van der Waals surface area contributed by atoms with Gasteiger partial charge in [0.2, 0.25) is 0 Å². The Morgan fingerprint density at radius 2 is 1.95 bits per heavy atom. The summed E-state index contributed by atoms with van der Waals surface area (Å²) in [6, 6.07) is 1.63. The van der Waals surface area contributed by atoms with Crippen LogP contribution in [0.4, 0.5) is 0 Å². The van der Waals surface area contributed by atoms with Crippen LogP contribution in [-0.2, 0) is 0 Å². The minimum Gasteiger partial charge on any atom is -0.345 e. The van der Waals surface area contributed by atoms with E-state index in [0.29, 0.717) is 17.0 Å². The molecule has 0 bridgehead atoms. The number of Topliss-reactive ketones (excluding diaryl/α,β-unsaturated/α-hetero) is 1. The standard InChI is InChI=1S/C13H20N2O2S.ClH/c1-4-13(5-2,8-14)15-12(17)11-6-10(7-18-11)9(3)16;/h6-7H,4-5,8,14H2,1-3H3,(H,15,17);1H. The van der Waals surface area contributed by atoms with Crippen molar-refractivity contribution in [3.63, 3.8) is 0 Å². The lowest BCUT2D eigenvalue weighted by atomic mass is 9.93. The largest absolute Gasteiger partial charge is 0.345 e. The minimum atomic E-state index is -0.350. The van der Waals surface area contributed by atoms with Gasteiger partial charge in [0.25, 0.3) is 5.91 Å². The topological polar surface area (TPSA) is 72.2 Å². The Balaban J connectivity index is 0.00000324. The van der Waals surface area contributed by atoms with Gasteiger partial charge in [0.1, 0.15) is 0 Å². The maximum atomic E-state index is 12.1. The van der Waals surface area contributed by atoms with Crippen LogP contribution in [0.1, 0.15) is 53.6 Å². The van der Waals surface area contributed by atoms with Gasteiger partial charge in [-0.15, -0.1) is 23.7 Å². The molecule has 3 N–H and O–H groups in total. The van der Waals surface area contributed by atoms with Gasteiger partial charge in [0.05, 0.1) is 10.4 Å². The Hall–Kier alpha value is -0.910. The summed E-state index contributed by atoms with van der Waals surface area (Å²) >= 11 is 1.28. The third-order valence-electron chi connectivity index (χ3n) is 3.35. The van der Waals surface area contributed by atoms with E-state index in [2.05, 4.69) is 5.32 Å². The molecule has 6 heteroatoms. The smallest absolute Gasteiger partial charge is 0.261 e. The highest BCUT2D eigenvalue weighted by Crippen LogP contribution is 2.19. The molecule has 0 spiro atoms. The van der Waals surface area contributed by atoms with Gasteiger partial charge in [-0.3, -0.25) is 9.59 Å². The first kappa shape index (κ1) is 18.1. The summed E-state index contributed by atoms with van der Waals surface area (Å²) in [4.78, 5) is 23.9. The fraction of sp³-hybridized carbons (Fsp3) is 0.538. The van der Waals surface area contributed by atoms with Crippen LogP contribution in [0.25, 0.3) is 0 Å². The molecule has 4 nitrogen and oxygen atoms in total. The van der Waals surface area contributed by atoms with Crippen molar-refractivity contribution in [2.45, 2.75) is 39.2 Å². The van der Waals surface area contributed by atoms with E-state index in [1.807, 2.05) is 13.8 Å². The van der Waals surface area contributed by atoms with Crippen LogP contribution in [0, 0.1) is 0 Å². The molecule has 1 heterocycles. The number of amides is 1. The number of thiophene rings is 1. The van der Waals surface area contributed by atoms with Crippen LogP contribution in [0.5, 0.6) is 0 Å². The Kier molecular flexibility index (Phi) is 7.26. The first-order valence-electron chi connectivity index (χ1n) is 6.10. The van der Waals surface area contributed by atoms with Gasteiger partial charge in [-0.2, -0.15) is 0 Å². The molecule has 19 heavy (non-hydrogen) atoms. The van der Waals surface area contributed by atoms with Gasteiger partial charge in [0, 0.05) is 17.5 Å². The molecular formula is C13H21ClN2O2S. The highest BCUT2D eigenvalue weighted by Gasteiger charge is 2.27. The summed E-state index contributed by atoms with van der Waals surface area (Å²) in [6.45, 7) is 5.92. The van der Waals surface area contributed by atoms with Crippen LogP contribution in [0.15, 0.2) is 11.4 Å². The number of rotatable bonds is 6. The van der Waals surface area contributed by atoms with Gasteiger partial charge in [0.15, 0.2) is 5.78 Å². The quantitative estimate of drug-likeness (QED) is 0.794. The van der Waals surface area contributed by atoms with E-state index in [1.54, 1.807) is 11.4 Å². The molecule has 0 unspecified atom stereocenters. The summed E-state index contributed by atoms with van der Waals surface area (Å²) in [5.41, 5.74) is 5.97. The lowest BCUT2D eigenvalue weighted by Crippen LogP contribution is -2.52. The molecule has 0 radical (unpaired) electrons. The molecule has 0 aliphatic rings. The van der Waals surface area contributed by atoms with E-state index in [1.165, 1.54) is 18.3 Å². The highest BCUT2D eigenvalue weighted by molar-refractivity contribution is 7.12. The molecule has 1 rings (SSSR count). The lowest BCUT2D eigenvalue weighted by molar-refractivity contribution is 0.0899. The third kappa shape index (κ3) is 4.30. The highest BCUT2D eigenvalue weighted by atomic mass is 35.5. The molecule has 0 saturated heterocycles. The van der Waals surface area contributed by atoms with Crippen molar-refractivity contribution in [2.24, 2.45) is 5.73 Å². The average molecular weight is 305 g/mol. The van der Waals surface area contributed by atoms with E-state index >= 15 is 0 Å². The molecule has 1 amide bonds. The van der Waals surface area contributed by atoms with Crippen molar-refractivity contribution in [3.05, 3.63) is 21.9 Å². The van der Waals surface area contributed by atoms with Crippen LogP contribution in [0.3, 0.4) is 0 Å². The normalized spacial score (nSPS) is 10.7. The summed E-state index contributed by atoms with van der Waals surface area (Å²) in [7, 11) is 0. The van der Waals surface area contributed by atoms with E-state index in [0.717, 1.165) is 12.8 Å². The number of carbonyl (C=O) groups excluding carboxylic acids is 2. The van der Waals surface area contributed by atoms with Crippen LogP contribution in [0.2, 0.25) is 0 Å². The van der Waals surface area contributed by atoms with Gasteiger partial charge in [-0.05, 0) is 25.8 Å². The number of hydrogen-bond donors (Lipinski definition) is 2. The first-order valence-corrected chi connectivity index (χ1v) is 6.98. The monoisotopic (exact) mass is 304 g/mol. The fourth-order valence-electron chi connectivity index (χ4n) is 1.71. The van der Waals surface area contributed by atoms with Crippen molar-refractivity contribution in [3.8, 4) is 0 Å². The number of nitrogens with two attached hydrogens (primary N) is 1. The number of ketones is 1.